The lowest BCUT2D eigenvalue weighted by Crippen LogP contribution is -2.46. The van der Waals surface area contributed by atoms with Gasteiger partial charge >= 0.3 is 0 Å². The zero-order valence-corrected chi connectivity index (χ0v) is 14.8. The summed E-state index contributed by atoms with van der Waals surface area (Å²) in [4.78, 5) is 2.55. The number of allylic oxidation sites excluding steroid dienone is 1. The number of hydrogen-bond acceptors (Lipinski definition) is 3. The normalized spacial score (nSPS) is 36.8. The highest BCUT2D eigenvalue weighted by molar-refractivity contribution is 5.40. The van der Waals surface area contributed by atoms with Crippen LogP contribution in [0.4, 0.5) is 0 Å². The molecular formula is C22H28N2O. The van der Waals surface area contributed by atoms with E-state index in [0.717, 1.165) is 43.8 Å². The van der Waals surface area contributed by atoms with Gasteiger partial charge in [-0.25, -0.2) is 0 Å². The third-order valence-electron chi connectivity index (χ3n) is 7.12. The fourth-order valence-corrected chi connectivity index (χ4v) is 5.30. The molecule has 0 amide bonds. The second-order valence-corrected chi connectivity index (χ2v) is 8.44. The molecule has 1 aromatic carbocycles. The Hall–Kier alpha value is -1.42. The zero-order chi connectivity index (χ0) is 16.9. The van der Waals surface area contributed by atoms with E-state index in [-0.39, 0.29) is 0 Å². The van der Waals surface area contributed by atoms with Gasteiger partial charge in [0.1, 0.15) is 0 Å². The number of benzene rings is 1. The molecule has 2 saturated heterocycles. The number of nitrogens with one attached hydrogen (secondary N) is 1. The van der Waals surface area contributed by atoms with Crippen LogP contribution in [0.1, 0.15) is 31.2 Å². The van der Waals surface area contributed by atoms with Crippen LogP contribution in [0.5, 0.6) is 0 Å². The summed E-state index contributed by atoms with van der Waals surface area (Å²) in [5.74, 6) is 0.885. The van der Waals surface area contributed by atoms with Gasteiger partial charge in [0.25, 0.3) is 0 Å². The summed E-state index contributed by atoms with van der Waals surface area (Å²) in [6.07, 6.45) is 11.5. The van der Waals surface area contributed by atoms with E-state index in [4.69, 9.17) is 0 Å². The molecule has 2 heterocycles. The molecule has 25 heavy (non-hydrogen) atoms. The molecular weight excluding hydrogens is 308 g/mol. The average Bonchev–Trinajstić information content (AvgIpc) is 3.24. The third kappa shape index (κ3) is 2.61. The Bertz CT molecular complexity index is 702. The van der Waals surface area contributed by atoms with Crippen molar-refractivity contribution in [2.24, 2.45) is 11.3 Å². The molecule has 3 unspecified atom stereocenters. The first-order chi connectivity index (χ1) is 12.2. The second-order valence-electron chi connectivity index (χ2n) is 8.44. The van der Waals surface area contributed by atoms with Crippen molar-refractivity contribution in [2.45, 2.75) is 37.3 Å². The first-order valence-electron chi connectivity index (χ1n) is 9.81. The van der Waals surface area contributed by atoms with Crippen molar-refractivity contribution >= 4 is 0 Å². The summed E-state index contributed by atoms with van der Waals surface area (Å²) in [6.45, 7) is 4.32. The first-order valence-corrected chi connectivity index (χ1v) is 9.81. The molecule has 3 fully saturated rings. The topological polar surface area (TPSA) is 35.5 Å². The maximum Gasteiger partial charge on any atom is 0.0920 e. The maximum absolute atomic E-state index is 11.0. The van der Waals surface area contributed by atoms with Crippen molar-refractivity contribution in [1.82, 2.24) is 10.2 Å². The first kappa shape index (κ1) is 15.8. The van der Waals surface area contributed by atoms with Crippen molar-refractivity contribution in [1.29, 1.82) is 0 Å². The van der Waals surface area contributed by atoms with Crippen molar-refractivity contribution in [2.75, 3.05) is 26.2 Å². The molecule has 3 nitrogen and oxygen atoms in total. The monoisotopic (exact) mass is 336 g/mol. The molecule has 1 aromatic rings. The number of piperidine rings is 2. The van der Waals surface area contributed by atoms with Crippen LogP contribution in [-0.4, -0.2) is 42.2 Å². The molecule has 0 spiro atoms. The SMILES string of the molecule is OC1(c2ccccc2)CCN(C2C=CC(C34CNCC3C4)=CC2)CC1. The number of hydrogen-bond donors (Lipinski definition) is 2. The van der Waals surface area contributed by atoms with E-state index in [1.54, 1.807) is 5.57 Å². The van der Waals surface area contributed by atoms with E-state index < -0.39 is 5.60 Å². The number of rotatable bonds is 3. The Morgan fingerprint density at radius 1 is 1.12 bits per heavy atom. The van der Waals surface area contributed by atoms with Crippen molar-refractivity contribution < 1.29 is 5.11 Å². The Labute approximate surface area is 150 Å². The van der Waals surface area contributed by atoms with Gasteiger partial charge in [0.15, 0.2) is 0 Å². The molecule has 2 aliphatic heterocycles. The summed E-state index contributed by atoms with van der Waals surface area (Å²) in [5.41, 5.74) is 2.49. The van der Waals surface area contributed by atoms with Crippen LogP contribution in [0.2, 0.25) is 0 Å². The molecule has 1 saturated carbocycles. The lowest BCUT2D eigenvalue weighted by atomic mass is 9.83. The minimum absolute atomic E-state index is 0.483. The van der Waals surface area contributed by atoms with Crippen LogP contribution >= 0.6 is 0 Å². The van der Waals surface area contributed by atoms with Crippen LogP contribution in [0, 0.1) is 11.3 Å². The van der Waals surface area contributed by atoms with Gasteiger partial charge in [-0.3, -0.25) is 4.90 Å². The van der Waals surface area contributed by atoms with Gasteiger partial charge in [0.2, 0.25) is 0 Å². The summed E-state index contributed by atoms with van der Waals surface area (Å²) in [5, 5.41) is 14.6. The summed E-state index contributed by atoms with van der Waals surface area (Å²) >= 11 is 0. The zero-order valence-electron chi connectivity index (χ0n) is 14.8. The number of aliphatic hydroxyl groups is 1. The highest BCUT2D eigenvalue weighted by Crippen LogP contribution is 2.60. The van der Waals surface area contributed by atoms with E-state index in [2.05, 4.69) is 40.6 Å². The molecule has 4 aliphatic rings. The van der Waals surface area contributed by atoms with Gasteiger partial charge in [-0.2, -0.15) is 0 Å². The number of nitrogens with zero attached hydrogens (tertiary/aromatic N) is 1. The van der Waals surface area contributed by atoms with Crippen LogP contribution in [0.3, 0.4) is 0 Å². The highest BCUT2D eigenvalue weighted by atomic mass is 16.3. The van der Waals surface area contributed by atoms with Crippen molar-refractivity contribution in [3.05, 3.63) is 59.7 Å². The highest BCUT2D eigenvalue weighted by Gasteiger charge is 2.58. The smallest absolute Gasteiger partial charge is 0.0920 e. The van der Waals surface area contributed by atoms with Gasteiger partial charge in [0, 0.05) is 31.1 Å². The molecule has 132 valence electrons. The summed E-state index contributed by atoms with van der Waals surface area (Å²) in [6, 6.07) is 10.7. The van der Waals surface area contributed by atoms with Crippen molar-refractivity contribution in [3.63, 3.8) is 0 Å². The lowest BCUT2D eigenvalue weighted by Gasteiger charge is -2.41. The van der Waals surface area contributed by atoms with Gasteiger partial charge in [-0.1, -0.05) is 48.6 Å². The predicted molar refractivity (Wildman–Crippen MR) is 100 cm³/mol. The van der Waals surface area contributed by atoms with Crippen LogP contribution < -0.4 is 5.32 Å². The van der Waals surface area contributed by atoms with E-state index in [1.165, 1.54) is 19.5 Å². The standard InChI is InChI=1S/C22H28N2O/c25-22(18-4-2-1-3-5-18)10-12-24(13-11-22)20-8-6-17(7-9-20)21-14-19(21)15-23-16-21/h1-8,19-20,23,25H,9-16H2. The van der Waals surface area contributed by atoms with E-state index in [0.29, 0.717) is 11.5 Å². The van der Waals surface area contributed by atoms with E-state index in [1.807, 2.05) is 18.2 Å². The molecule has 0 aromatic heterocycles. The quantitative estimate of drug-likeness (QED) is 0.891. The fourth-order valence-electron chi connectivity index (χ4n) is 5.30. The Morgan fingerprint density at radius 3 is 2.52 bits per heavy atom. The van der Waals surface area contributed by atoms with Crippen molar-refractivity contribution in [3.8, 4) is 0 Å². The van der Waals surface area contributed by atoms with Crippen LogP contribution in [0.15, 0.2) is 54.1 Å². The Kier molecular flexibility index (Phi) is 3.67. The molecule has 5 rings (SSSR count). The van der Waals surface area contributed by atoms with Crippen LogP contribution in [0.25, 0.3) is 0 Å². The minimum atomic E-state index is -0.646. The summed E-state index contributed by atoms with van der Waals surface area (Å²) in [7, 11) is 0. The maximum atomic E-state index is 11.0. The Morgan fingerprint density at radius 2 is 1.92 bits per heavy atom. The second kappa shape index (κ2) is 5.80. The molecule has 3 heteroatoms. The van der Waals surface area contributed by atoms with Gasteiger partial charge in [-0.15, -0.1) is 0 Å². The number of fused-ring (bicyclic) bond motifs is 1. The van der Waals surface area contributed by atoms with E-state index in [9.17, 15) is 5.11 Å². The van der Waals surface area contributed by atoms with Crippen LogP contribution in [-0.2, 0) is 5.60 Å². The minimum Gasteiger partial charge on any atom is -0.385 e. The average molecular weight is 336 g/mol. The Balaban J connectivity index is 1.21. The molecule has 3 atom stereocenters. The van der Waals surface area contributed by atoms with E-state index >= 15 is 0 Å². The van der Waals surface area contributed by atoms with Gasteiger partial charge < -0.3 is 10.4 Å². The molecule has 0 radical (unpaired) electrons. The van der Waals surface area contributed by atoms with Gasteiger partial charge in [0.05, 0.1) is 5.60 Å². The predicted octanol–water partition coefficient (Wildman–Crippen LogP) is 2.83. The molecule has 2 aliphatic carbocycles. The fraction of sp³-hybridized carbons (Fsp3) is 0.545. The molecule has 0 bridgehead atoms. The molecule has 2 N–H and O–H groups in total. The number of likely N-dealkylation sites (tertiary alicyclic amines) is 1. The largest absolute Gasteiger partial charge is 0.385 e. The third-order valence-corrected chi connectivity index (χ3v) is 7.12. The summed E-state index contributed by atoms with van der Waals surface area (Å²) < 4.78 is 0. The van der Waals surface area contributed by atoms with Gasteiger partial charge in [-0.05, 0) is 49.3 Å². The lowest BCUT2D eigenvalue weighted by molar-refractivity contribution is -0.0314.